The first-order chi connectivity index (χ1) is 13.6. The molecule has 3 nitrogen and oxygen atoms in total. The Balaban J connectivity index is 1.69. The van der Waals surface area contributed by atoms with Crippen molar-refractivity contribution in [3.8, 4) is 27.9 Å². The van der Waals surface area contributed by atoms with Gasteiger partial charge in [0.05, 0.1) is 32.0 Å². The third kappa shape index (κ3) is 2.41. The van der Waals surface area contributed by atoms with Gasteiger partial charge in [-0.15, -0.1) is 0 Å². The summed E-state index contributed by atoms with van der Waals surface area (Å²) in [5.74, 6) is 0. The lowest BCUT2D eigenvalue weighted by Gasteiger charge is -2.09. The first-order valence-corrected chi connectivity index (χ1v) is 10.5. The van der Waals surface area contributed by atoms with Crippen LogP contribution in [0.1, 0.15) is 17.0 Å². The van der Waals surface area contributed by atoms with E-state index in [1.165, 1.54) is 5.56 Å². The van der Waals surface area contributed by atoms with Gasteiger partial charge in [0.1, 0.15) is 0 Å². The number of fused-ring (bicyclic) bond motifs is 3. The van der Waals surface area contributed by atoms with Crippen LogP contribution in [0, 0.1) is 20.8 Å². The van der Waals surface area contributed by atoms with Crippen LogP contribution >= 0.6 is 0 Å². The van der Waals surface area contributed by atoms with E-state index in [0.717, 1.165) is 49.1 Å². The third-order valence-corrected chi connectivity index (χ3v) is 6.99. The maximum absolute atomic E-state index is 12.8. The van der Waals surface area contributed by atoms with Crippen LogP contribution in [0.2, 0.25) is 0 Å². The average molecular weight is 385 g/mol. The van der Waals surface area contributed by atoms with Gasteiger partial charge >= 0.3 is 0 Å². The van der Waals surface area contributed by atoms with Crippen LogP contribution in [0.4, 0.5) is 0 Å². The Bertz CT molecular complexity index is 1270. The van der Waals surface area contributed by atoms with E-state index in [1.807, 2.05) is 41.1 Å². The summed E-state index contributed by atoms with van der Waals surface area (Å²) in [7, 11) is -1.10. The molecule has 2 heterocycles. The quantitative estimate of drug-likeness (QED) is 0.396. The van der Waals surface area contributed by atoms with Gasteiger partial charge in [-0.2, -0.15) is 5.10 Å². The topological polar surface area (TPSA) is 34.9 Å². The Morgan fingerprint density at radius 2 is 1.54 bits per heavy atom. The van der Waals surface area contributed by atoms with Gasteiger partial charge in [-0.25, -0.2) is 8.89 Å². The zero-order chi connectivity index (χ0) is 19.4. The van der Waals surface area contributed by atoms with E-state index in [-0.39, 0.29) is 0 Å². The highest BCUT2D eigenvalue weighted by molar-refractivity contribution is 7.85. The molecule has 0 saturated carbocycles. The first-order valence-electron chi connectivity index (χ1n) is 9.34. The third-order valence-electron chi connectivity index (χ3n) is 5.48. The number of hydrogen-bond donors (Lipinski definition) is 0. The lowest BCUT2D eigenvalue weighted by molar-refractivity contribution is 0.685. The van der Waals surface area contributed by atoms with E-state index >= 15 is 0 Å². The summed E-state index contributed by atoms with van der Waals surface area (Å²) in [6.45, 7) is 6.27. The van der Waals surface area contributed by atoms with E-state index < -0.39 is 10.8 Å². The van der Waals surface area contributed by atoms with Crippen LogP contribution < -0.4 is 0 Å². The Labute approximate surface area is 167 Å². The van der Waals surface area contributed by atoms with Crippen molar-refractivity contribution in [2.45, 2.75) is 30.6 Å². The van der Waals surface area contributed by atoms with Crippen LogP contribution in [-0.2, 0) is 10.8 Å². The van der Waals surface area contributed by atoms with Crippen molar-refractivity contribution in [3.05, 3.63) is 83.7 Å². The zero-order valence-electron chi connectivity index (χ0n) is 16.1. The summed E-state index contributed by atoms with van der Waals surface area (Å²) in [5.41, 5.74) is 8.78. The first kappa shape index (κ1) is 17.1. The number of hydrogen-bond acceptors (Lipinski definition) is 2. The molecule has 1 aromatic heterocycles. The maximum atomic E-state index is 12.8. The molecule has 0 saturated heterocycles. The normalized spacial score (nSPS) is 14.8. The minimum atomic E-state index is -1.10. The fourth-order valence-corrected chi connectivity index (χ4v) is 5.50. The SMILES string of the molecule is Cc1ccccc1-n1nc(C)c(-c2ccc3c(c2)-c2ccccc2S3=O)c1C. The van der Waals surface area contributed by atoms with Crippen LogP contribution in [0.3, 0.4) is 0 Å². The molecule has 0 radical (unpaired) electrons. The molecule has 1 aliphatic rings. The van der Waals surface area contributed by atoms with Gasteiger partial charge in [0.2, 0.25) is 0 Å². The minimum Gasteiger partial charge on any atom is -0.249 e. The molecule has 1 unspecified atom stereocenters. The fourth-order valence-electron chi connectivity index (χ4n) is 4.12. The van der Waals surface area contributed by atoms with Crippen LogP contribution in [0.5, 0.6) is 0 Å². The molecule has 4 aromatic rings. The number of rotatable bonds is 2. The van der Waals surface area contributed by atoms with Gasteiger partial charge in [-0.3, -0.25) is 0 Å². The van der Waals surface area contributed by atoms with Gasteiger partial charge in [-0.1, -0.05) is 42.5 Å². The summed E-state index contributed by atoms with van der Waals surface area (Å²) in [6, 6.07) is 22.5. The van der Waals surface area contributed by atoms with E-state index in [9.17, 15) is 4.21 Å². The highest BCUT2D eigenvalue weighted by Gasteiger charge is 2.26. The van der Waals surface area contributed by atoms with Crippen molar-refractivity contribution in [2.24, 2.45) is 0 Å². The van der Waals surface area contributed by atoms with Crippen molar-refractivity contribution in [1.29, 1.82) is 0 Å². The van der Waals surface area contributed by atoms with E-state index in [1.54, 1.807) is 0 Å². The molecule has 0 amide bonds. The molecule has 4 heteroatoms. The average Bonchev–Trinajstić information content (AvgIpc) is 3.16. The van der Waals surface area contributed by atoms with Gasteiger partial charge < -0.3 is 0 Å². The summed E-state index contributed by atoms with van der Waals surface area (Å²) in [5, 5.41) is 4.83. The van der Waals surface area contributed by atoms with Crippen LogP contribution in [-0.4, -0.2) is 14.0 Å². The largest absolute Gasteiger partial charge is 0.249 e. The van der Waals surface area contributed by atoms with Gasteiger partial charge in [0, 0.05) is 16.8 Å². The van der Waals surface area contributed by atoms with Gasteiger partial charge in [0.15, 0.2) is 0 Å². The van der Waals surface area contributed by atoms with E-state index in [0.29, 0.717) is 0 Å². The van der Waals surface area contributed by atoms with Crippen LogP contribution in [0.15, 0.2) is 76.5 Å². The number of aryl methyl sites for hydroxylation is 2. The Morgan fingerprint density at radius 3 is 2.36 bits per heavy atom. The number of aromatic nitrogens is 2. The summed E-state index contributed by atoms with van der Waals surface area (Å²) < 4.78 is 14.8. The number of para-hydroxylation sites is 1. The molecule has 1 atom stereocenters. The molecular weight excluding hydrogens is 364 g/mol. The predicted octanol–water partition coefficient (Wildman–Crippen LogP) is 5.61. The monoisotopic (exact) mass is 384 g/mol. The second-order valence-electron chi connectivity index (χ2n) is 7.22. The van der Waals surface area contributed by atoms with Crippen molar-refractivity contribution in [2.75, 3.05) is 0 Å². The summed E-state index contributed by atoms with van der Waals surface area (Å²) in [6.07, 6.45) is 0. The van der Waals surface area contributed by atoms with Gasteiger partial charge in [0.25, 0.3) is 0 Å². The molecule has 3 aromatic carbocycles. The summed E-state index contributed by atoms with van der Waals surface area (Å²) >= 11 is 0. The Kier molecular flexibility index (Phi) is 3.84. The van der Waals surface area contributed by atoms with E-state index in [2.05, 4.69) is 51.1 Å². The smallest absolute Gasteiger partial charge is 0.0862 e. The standard InChI is InChI=1S/C24H20N2OS/c1-15-8-4-6-10-21(15)26-17(3)24(16(2)25-26)18-12-13-23-20(14-18)19-9-5-7-11-22(19)28(23)27/h4-14H,1-3H3. The van der Waals surface area contributed by atoms with Crippen molar-refractivity contribution >= 4 is 10.8 Å². The molecule has 0 fully saturated rings. The van der Waals surface area contributed by atoms with Crippen LogP contribution in [0.25, 0.3) is 27.9 Å². The highest BCUT2D eigenvalue weighted by Crippen LogP contribution is 2.43. The predicted molar refractivity (Wildman–Crippen MR) is 113 cm³/mol. The fraction of sp³-hybridized carbons (Fsp3) is 0.125. The molecule has 0 spiro atoms. The molecule has 5 rings (SSSR count). The number of nitrogens with zero attached hydrogens (tertiary/aromatic N) is 2. The molecule has 28 heavy (non-hydrogen) atoms. The minimum absolute atomic E-state index is 0.895. The molecule has 0 N–H and O–H groups in total. The Hall–Kier alpha value is -2.98. The second kappa shape index (κ2) is 6.28. The second-order valence-corrected chi connectivity index (χ2v) is 8.64. The molecule has 0 aliphatic carbocycles. The lowest BCUT2D eigenvalue weighted by Crippen LogP contribution is -2.01. The molecule has 138 valence electrons. The summed E-state index contributed by atoms with van der Waals surface area (Å²) in [4.78, 5) is 1.80. The molecular formula is C24H20N2OS. The van der Waals surface area contributed by atoms with Gasteiger partial charge in [-0.05, 0) is 61.7 Å². The highest BCUT2D eigenvalue weighted by atomic mass is 32.2. The maximum Gasteiger partial charge on any atom is 0.0862 e. The lowest BCUT2D eigenvalue weighted by atomic mass is 9.98. The Morgan fingerprint density at radius 1 is 0.821 bits per heavy atom. The van der Waals surface area contributed by atoms with Crippen molar-refractivity contribution < 1.29 is 4.21 Å². The zero-order valence-corrected chi connectivity index (χ0v) is 16.9. The van der Waals surface area contributed by atoms with Crippen molar-refractivity contribution in [1.82, 2.24) is 9.78 Å². The van der Waals surface area contributed by atoms with E-state index in [4.69, 9.17) is 5.10 Å². The molecule has 0 bridgehead atoms. The number of benzene rings is 3. The molecule has 1 aliphatic heterocycles. The van der Waals surface area contributed by atoms with Crippen molar-refractivity contribution in [3.63, 3.8) is 0 Å².